The molecular weight excluding hydrogens is 306 g/mol. The molecule has 2 N–H and O–H groups in total. The van der Waals surface area contributed by atoms with Crippen molar-refractivity contribution in [3.63, 3.8) is 0 Å². The summed E-state index contributed by atoms with van der Waals surface area (Å²) < 4.78 is 0. The van der Waals surface area contributed by atoms with E-state index < -0.39 is 0 Å². The van der Waals surface area contributed by atoms with Gasteiger partial charge in [-0.05, 0) is 50.2 Å². The number of aromatic amines is 1. The highest BCUT2D eigenvalue weighted by molar-refractivity contribution is 7.14. The Morgan fingerprint density at radius 1 is 1.48 bits per heavy atom. The van der Waals surface area contributed by atoms with Crippen LogP contribution in [0.2, 0.25) is 5.02 Å². The molecule has 2 aromatic heterocycles. The number of aryl methyl sites for hydroxylation is 1. The van der Waals surface area contributed by atoms with E-state index in [1.807, 2.05) is 19.4 Å². The molecule has 3 rings (SSSR count). The van der Waals surface area contributed by atoms with Gasteiger partial charge in [0.15, 0.2) is 5.82 Å². The zero-order valence-corrected chi connectivity index (χ0v) is 13.9. The Labute approximate surface area is 133 Å². The molecule has 0 bridgehead atoms. The Morgan fingerprint density at radius 3 is 2.86 bits per heavy atom. The summed E-state index contributed by atoms with van der Waals surface area (Å²) in [6, 6.07) is 0. The average molecular weight is 326 g/mol. The summed E-state index contributed by atoms with van der Waals surface area (Å²) in [5.41, 5.74) is 1.09. The van der Waals surface area contributed by atoms with Gasteiger partial charge in [0.05, 0.1) is 9.90 Å². The molecule has 0 unspecified atom stereocenters. The van der Waals surface area contributed by atoms with Gasteiger partial charge in [-0.15, -0.1) is 16.4 Å². The van der Waals surface area contributed by atoms with Crippen molar-refractivity contribution in [1.29, 1.82) is 0 Å². The van der Waals surface area contributed by atoms with Crippen molar-refractivity contribution in [2.75, 3.05) is 31.6 Å². The minimum Gasteiger partial charge on any atom is -0.340 e. The van der Waals surface area contributed by atoms with E-state index in [1.165, 1.54) is 12.8 Å². The number of aromatic nitrogens is 3. The lowest BCUT2D eigenvalue weighted by Crippen LogP contribution is -2.37. The standard InChI is InChI=1S/C14H20ClN5S/c1-9-8-21-12(11(9)15)13-17-14(19-18-13)20-5-3-10(4-6-20)7-16-2/h8,10,16H,3-7H2,1-2H3,(H,17,18,19). The molecule has 0 amide bonds. The quantitative estimate of drug-likeness (QED) is 0.907. The zero-order chi connectivity index (χ0) is 14.8. The lowest BCUT2D eigenvalue weighted by molar-refractivity contribution is 0.391. The minimum absolute atomic E-state index is 0.763. The van der Waals surface area contributed by atoms with Crippen LogP contribution in [0.5, 0.6) is 0 Å². The summed E-state index contributed by atoms with van der Waals surface area (Å²) in [5.74, 6) is 2.32. The second-order valence-corrected chi connectivity index (χ2v) is 6.79. The molecule has 114 valence electrons. The van der Waals surface area contributed by atoms with E-state index in [2.05, 4.69) is 25.4 Å². The van der Waals surface area contributed by atoms with Crippen molar-refractivity contribution in [1.82, 2.24) is 20.5 Å². The third-order valence-electron chi connectivity index (χ3n) is 3.98. The Balaban J connectivity index is 1.70. The molecule has 1 aliphatic heterocycles. The highest BCUT2D eigenvalue weighted by Gasteiger charge is 2.22. The molecule has 3 heterocycles. The molecule has 0 atom stereocenters. The first-order valence-electron chi connectivity index (χ1n) is 7.25. The van der Waals surface area contributed by atoms with Gasteiger partial charge in [0.1, 0.15) is 0 Å². The predicted octanol–water partition coefficient (Wildman–Crippen LogP) is 2.93. The van der Waals surface area contributed by atoms with Crippen molar-refractivity contribution in [2.45, 2.75) is 19.8 Å². The van der Waals surface area contributed by atoms with Crippen LogP contribution in [0.1, 0.15) is 18.4 Å². The van der Waals surface area contributed by atoms with E-state index in [0.29, 0.717) is 0 Å². The maximum Gasteiger partial charge on any atom is 0.245 e. The lowest BCUT2D eigenvalue weighted by Gasteiger charge is -2.30. The van der Waals surface area contributed by atoms with E-state index in [4.69, 9.17) is 11.6 Å². The number of anilines is 1. The van der Waals surface area contributed by atoms with Crippen LogP contribution in [0.3, 0.4) is 0 Å². The molecule has 1 saturated heterocycles. The van der Waals surface area contributed by atoms with Crippen molar-refractivity contribution in [2.24, 2.45) is 5.92 Å². The number of H-pyrrole nitrogens is 1. The van der Waals surface area contributed by atoms with Gasteiger partial charge in [-0.3, -0.25) is 5.10 Å². The maximum absolute atomic E-state index is 6.29. The topological polar surface area (TPSA) is 56.8 Å². The molecule has 0 aliphatic carbocycles. The largest absolute Gasteiger partial charge is 0.340 e. The van der Waals surface area contributed by atoms with E-state index in [-0.39, 0.29) is 0 Å². The molecule has 5 nitrogen and oxygen atoms in total. The fraction of sp³-hybridized carbons (Fsp3) is 0.571. The van der Waals surface area contributed by atoms with Gasteiger partial charge in [0.25, 0.3) is 0 Å². The number of rotatable bonds is 4. The number of nitrogens with zero attached hydrogens (tertiary/aromatic N) is 3. The Bertz CT molecular complexity index is 600. The van der Waals surface area contributed by atoms with Crippen LogP contribution in [-0.4, -0.2) is 41.9 Å². The number of thiophene rings is 1. The second kappa shape index (κ2) is 6.34. The fourth-order valence-corrected chi connectivity index (χ4v) is 3.93. The summed E-state index contributed by atoms with van der Waals surface area (Å²) in [6.07, 6.45) is 2.37. The molecule has 21 heavy (non-hydrogen) atoms. The van der Waals surface area contributed by atoms with Gasteiger partial charge in [-0.2, -0.15) is 4.98 Å². The Morgan fingerprint density at radius 2 is 2.24 bits per heavy atom. The third kappa shape index (κ3) is 3.07. The first-order chi connectivity index (χ1) is 10.2. The summed E-state index contributed by atoms with van der Waals surface area (Å²) in [5, 5.41) is 13.5. The Kier molecular flexibility index (Phi) is 4.47. The number of nitrogens with one attached hydrogen (secondary N) is 2. The van der Waals surface area contributed by atoms with Crippen LogP contribution in [0, 0.1) is 12.8 Å². The van der Waals surface area contributed by atoms with Crippen molar-refractivity contribution >= 4 is 28.9 Å². The molecule has 0 radical (unpaired) electrons. The fourth-order valence-electron chi connectivity index (χ4n) is 2.71. The smallest absolute Gasteiger partial charge is 0.245 e. The van der Waals surface area contributed by atoms with Crippen LogP contribution in [0.15, 0.2) is 5.38 Å². The van der Waals surface area contributed by atoms with E-state index in [9.17, 15) is 0 Å². The van der Waals surface area contributed by atoms with Gasteiger partial charge in [0.2, 0.25) is 5.95 Å². The van der Waals surface area contributed by atoms with E-state index in [1.54, 1.807) is 11.3 Å². The summed E-state index contributed by atoms with van der Waals surface area (Å²) in [7, 11) is 2.01. The summed E-state index contributed by atoms with van der Waals surface area (Å²) in [4.78, 5) is 7.84. The van der Waals surface area contributed by atoms with Crippen LogP contribution >= 0.6 is 22.9 Å². The van der Waals surface area contributed by atoms with Gasteiger partial charge < -0.3 is 10.2 Å². The van der Waals surface area contributed by atoms with Crippen LogP contribution < -0.4 is 10.2 Å². The SMILES string of the molecule is CNCC1CCN(c2n[nH]c(-c3scc(C)c3Cl)n2)CC1. The van der Waals surface area contributed by atoms with Gasteiger partial charge in [-0.1, -0.05) is 11.6 Å². The molecule has 0 saturated carbocycles. The number of piperidine rings is 1. The number of hydrogen-bond donors (Lipinski definition) is 2. The second-order valence-electron chi connectivity index (χ2n) is 5.53. The molecule has 0 spiro atoms. The Hall–Kier alpha value is -1.11. The van der Waals surface area contributed by atoms with Gasteiger partial charge in [0, 0.05) is 13.1 Å². The molecule has 1 fully saturated rings. The van der Waals surface area contributed by atoms with Crippen molar-refractivity contribution in [3.05, 3.63) is 16.0 Å². The molecule has 2 aromatic rings. The molecule has 7 heteroatoms. The highest BCUT2D eigenvalue weighted by atomic mass is 35.5. The highest BCUT2D eigenvalue weighted by Crippen LogP contribution is 2.35. The van der Waals surface area contributed by atoms with Crippen LogP contribution in [-0.2, 0) is 0 Å². The molecular formula is C14H20ClN5S. The zero-order valence-electron chi connectivity index (χ0n) is 12.3. The van der Waals surface area contributed by atoms with Gasteiger partial charge >= 0.3 is 0 Å². The van der Waals surface area contributed by atoms with Crippen LogP contribution in [0.4, 0.5) is 5.95 Å². The minimum atomic E-state index is 0.763. The number of hydrogen-bond acceptors (Lipinski definition) is 5. The van der Waals surface area contributed by atoms with Crippen molar-refractivity contribution in [3.8, 4) is 10.7 Å². The van der Waals surface area contributed by atoms with Crippen molar-refractivity contribution < 1.29 is 0 Å². The molecule has 0 aromatic carbocycles. The maximum atomic E-state index is 6.29. The van der Waals surface area contributed by atoms with Gasteiger partial charge in [-0.25, -0.2) is 0 Å². The first-order valence-corrected chi connectivity index (χ1v) is 8.50. The summed E-state index contributed by atoms with van der Waals surface area (Å²) in [6.45, 7) is 5.13. The average Bonchev–Trinajstić information content (AvgIpc) is 3.09. The normalized spacial score (nSPS) is 16.6. The summed E-state index contributed by atoms with van der Waals surface area (Å²) >= 11 is 7.90. The first kappa shape index (κ1) is 14.8. The monoisotopic (exact) mass is 325 g/mol. The lowest BCUT2D eigenvalue weighted by atomic mass is 9.97. The molecule has 1 aliphatic rings. The van der Waals surface area contributed by atoms with E-state index >= 15 is 0 Å². The third-order valence-corrected chi connectivity index (χ3v) is 5.68. The number of halogens is 1. The van der Waals surface area contributed by atoms with E-state index in [0.717, 1.165) is 52.8 Å². The van der Waals surface area contributed by atoms with Crippen LogP contribution in [0.25, 0.3) is 10.7 Å². The predicted molar refractivity (Wildman–Crippen MR) is 88.3 cm³/mol.